The van der Waals surface area contributed by atoms with Gasteiger partial charge in [0.2, 0.25) is 11.7 Å². The summed E-state index contributed by atoms with van der Waals surface area (Å²) in [7, 11) is 0. The normalized spacial score (nSPS) is 25.0. The molecule has 3 aliphatic rings. The predicted molar refractivity (Wildman–Crippen MR) is 141 cm³/mol. The molecule has 0 saturated heterocycles. The van der Waals surface area contributed by atoms with Crippen LogP contribution in [0.4, 0.5) is 20.3 Å². The van der Waals surface area contributed by atoms with Gasteiger partial charge in [0.15, 0.2) is 17.4 Å². The summed E-state index contributed by atoms with van der Waals surface area (Å²) in [4.78, 5) is 9.76. The highest BCUT2D eigenvalue weighted by Gasteiger charge is 2.51. The van der Waals surface area contributed by atoms with E-state index in [1.165, 1.54) is 17.8 Å². The fourth-order valence-electron chi connectivity index (χ4n) is 5.89. The summed E-state index contributed by atoms with van der Waals surface area (Å²) < 4.78 is 42.7. The van der Waals surface area contributed by atoms with Gasteiger partial charge in [-0.05, 0) is 62.0 Å². The summed E-state index contributed by atoms with van der Waals surface area (Å²) in [6.45, 7) is 8.29. The first-order valence-electron chi connectivity index (χ1n) is 13.1. The van der Waals surface area contributed by atoms with Gasteiger partial charge in [-0.1, -0.05) is 32.9 Å². The molecule has 0 aliphatic heterocycles. The van der Waals surface area contributed by atoms with E-state index in [4.69, 9.17) is 14.2 Å². The van der Waals surface area contributed by atoms with Crippen molar-refractivity contribution < 1.29 is 18.0 Å². The van der Waals surface area contributed by atoms with Gasteiger partial charge in [0.1, 0.15) is 11.9 Å². The van der Waals surface area contributed by atoms with Crippen molar-refractivity contribution in [2.45, 2.75) is 76.2 Å². The van der Waals surface area contributed by atoms with Crippen LogP contribution in [-0.4, -0.2) is 27.5 Å². The van der Waals surface area contributed by atoms with Gasteiger partial charge in [-0.2, -0.15) is 9.37 Å². The molecule has 198 valence electrons. The highest BCUT2D eigenvalue weighted by Crippen LogP contribution is 2.54. The van der Waals surface area contributed by atoms with Crippen molar-refractivity contribution in [1.82, 2.24) is 15.1 Å². The number of nitrogens with zero attached hydrogens (tertiary/aromatic N) is 3. The molecular weight excluding hydrogens is 494 g/mol. The minimum atomic E-state index is -0.598. The number of aromatic nitrogens is 3. The van der Waals surface area contributed by atoms with Crippen molar-refractivity contribution in [3.05, 3.63) is 53.3 Å². The number of benzene rings is 1. The minimum Gasteiger partial charge on any atom is -0.487 e. The molecule has 1 N–H and O–H groups in total. The summed E-state index contributed by atoms with van der Waals surface area (Å²) in [6, 6.07) is 4.80. The third-order valence-electron chi connectivity index (χ3n) is 8.04. The van der Waals surface area contributed by atoms with Gasteiger partial charge in [0, 0.05) is 34.4 Å². The quantitative estimate of drug-likeness (QED) is 0.304. The fourth-order valence-corrected chi connectivity index (χ4v) is 6.32. The van der Waals surface area contributed by atoms with Gasteiger partial charge in [0.05, 0.1) is 5.69 Å². The van der Waals surface area contributed by atoms with Crippen LogP contribution in [0, 0.1) is 29.4 Å². The van der Waals surface area contributed by atoms with Crippen LogP contribution < -0.4 is 10.1 Å². The van der Waals surface area contributed by atoms with Crippen LogP contribution >= 0.6 is 11.8 Å². The molecule has 3 saturated carbocycles. The van der Waals surface area contributed by atoms with Crippen LogP contribution in [0.15, 0.2) is 33.8 Å². The lowest BCUT2D eigenvalue weighted by atomic mass is 9.58. The van der Waals surface area contributed by atoms with Gasteiger partial charge in [-0.15, -0.1) is 11.8 Å². The lowest BCUT2D eigenvalue weighted by Gasteiger charge is -2.50. The monoisotopic (exact) mass is 528 g/mol. The highest BCUT2D eigenvalue weighted by atomic mass is 32.2. The first kappa shape index (κ1) is 25.9. The second-order valence-electron chi connectivity index (χ2n) is 10.5. The Morgan fingerprint density at radius 2 is 2.05 bits per heavy atom. The van der Waals surface area contributed by atoms with Crippen LogP contribution in [0.5, 0.6) is 5.75 Å². The molecule has 2 aromatic heterocycles. The van der Waals surface area contributed by atoms with Gasteiger partial charge < -0.3 is 14.6 Å². The van der Waals surface area contributed by atoms with E-state index in [0.29, 0.717) is 35.5 Å². The van der Waals surface area contributed by atoms with Crippen molar-refractivity contribution in [3.63, 3.8) is 0 Å². The minimum absolute atomic E-state index is 0.0487. The summed E-state index contributed by atoms with van der Waals surface area (Å²) in [5, 5.41) is 7.02. The van der Waals surface area contributed by atoms with Crippen molar-refractivity contribution in [2.24, 2.45) is 17.8 Å². The number of thioether (sulfide) groups is 1. The highest BCUT2D eigenvalue weighted by molar-refractivity contribution is 7.98. The van der Waals surface area contributed by atoms with E-state index in [0.717, 1.165) is 24.2 Å². The Kier molecular flexibility index (Phi) is 7.43. The molecule has 5 atom stereocenters. The Balaban J connectivity index is 1.43. The molecule has 3 aliphatic carbocycles. The zero-order valence-electron chi connectivity index (χ0n) is 21.9. The Morgan fingerprint density at radius 1 is 1.24 bits per heavy atom. The lowest BCUT2D eigenvalue weighted by Crippen LogP contribution is -2.48. The second-order valence-corrected chi connectivity index (χ2v) is 11.4. The number of hydrogen-bond donors (Lipinski definition) is 1. The smallest absolute Gasteiger partial charge is 0.230 e. The number of aryl methyl sites for hydroxylation is 1. The topological polar surface area (TPSA) is 73.1 Å². The van der Waals surface area contributed by atoms with E-state index in [9.17, 15) is 4.39 Å². The number of fused-ring (bicyclic) bond motifs is 3. The molecule has 2 heterocycles. The van der Waals surface area contributed by atoms with Crippen molar-refractivity contribution in [3.8, 4) is 5.75 Å². The molecule has 3 fully saturated rings. The van der Waals surface area contributed by atoms with Crippen LogP contribution in [0.3, 0.4) is 0 Å². The average Bonchev–Trinajstić information content (AvgIpc) is 3.38. The summed E-state index contributed by atoms with van der Waals surface area (Å²) in [6.07, 6.45) is 6.82. The van der Waals surface area contributed by atoms with Gasteiger partial charge in [-0.3, -0.25) is 0 Å². The third kappa shape index (κ3) is 4.94. The molecule has 2 bridgehead atoms. The van der Waals surface area contributed by atoms with Crippen LogP contribution in [0.25, 0.3) is 0 Å². The fraction of sp³-hybridized carbons (Fsp3) is 0.536. The maximum absolute atomic E-state index is 15.9. The molecule has 0 amide bonds. The van der Waals surface area contributed by atoms with Gasteiger partial charge in [0.25, 0.3) is 0 Å². The number of rotatable bonds is 8. The number of anilines is 2. The molecule has 1 aromatic carbocycles. The van der Waals surface area contributed by atoms with Crippen molar-refractivity contribution >= 4 is 23.3 Å². The lowest BCUT2D eigenvalue weighted by molar-refractivity contribution is -0.0392. The third-order valence-corrected chi connectivity index (χ3v) is 8.77. The van der Waals surface area contributed by atoms with E-state index in [-0.39, 0.29) is 41.1 Å². The van der Waals surface area contributed by atoms with Gasteiger partial charge in [-0.25, -0.2) is 9.37 Å². The first-order valence-corrected chi connectivity index (χ1v) is 14.3. The summed E-state index contributed by atoms with van der Waals surface area (Å²) in [5.74, 6) is 1.69. The van der Waals surface area contributed by atoms with E-state index in [1.54, 1.807) is 18.3 Å². The SMILES string of the molecule is CCc1cnc(Nc2ccc(SC)cc2F)c(F)c1OC1CC2CCC1C(c1nc(C(C)C)no1)C2C. The predicted octanol–water partition coefficient (Wildman–Crippen LogP) is 7.49. The Bertz CT molecular complexity index is 1270. The second kappa shape index (κ2) is 10.6. The number of pyridine rings is 1. The number of ether oxygens (including phenoxy) is 1. The van der Waals surface area contributed by atoms with Crippen LogP contribution in [0.1, 0.15) is 76.1 Å². The average molecular weight is 529 g/mol. The molecule has 37 heavy (non-hydrogen) atoms. The molecular formula is C28H34F2N4O2S. The maximum atomic E-state index is 15.9. The van der Waals surface area contributed by atoms with Crippen LogP contribution in [-0.2, 0) is 6.42 Å². The molecule has 6 nitrogen and oxygen atoms in total. The number of nitrogens with one attached hydrogen (secondary N) is 1. The Labute approximate surface area is 221 Å². The Morgan fingerprint density at radius 3 is 2.73 bits per heavy atom. The number of hydrogen-bond acceptors (Lipinski definition) is 7. The first-order chi connectivity index (χ1) is 17.8. The van der Waals surface area contributed by atoms with E-state index in [2.05, 4.69) is 22.4 Å². The van der Waals surface area contributed by atoms with Crippen LogP contribution in [0.2, 0.25) is 0 Å². The number of halogens is 2. The van der Waals surface area contributed by atoms with E-state index >= 15 is 4.39 Å². The Hall–Kier alpha value is -2.68. The van der Waals surface area contributed by atoms with Crippen molar-refractivity contribution in [2.75, 3.05) is 11.6 Å². The molecule has 6 rings (SSSR count). The molecule has 3 aromatic rings. The van der Waals surface area contributed by atoms with E-state index < -0.39 is 11.6 Å². The molecule has 5 unspecified atom stereocenters. The largest absolute Gasteiger partial charge is 0.487 e. The van der Waals surface area contributed by atoms with Crippen molar-refractivity contribution in [1.29, 1.82) is 0 Å². The standard InChI is InChI=1S/C28H34F2N4O2S/c1-6-16-13-31-27(32-21-10-8-18(37-5)12-20(21)29)24(30)25(16)35-22-11-17-7-9-19(22)23(15(17)4)28-33-26(14(2)3)34-36-28/h8,10,12-15,17,19,22-23H,6-7,9,11H2,1-5H3,(H,31,32). The van der Waals surface area contributed by atoms with Gasteiger partial charge >= 0.3 is 0 Å². The zero-order valence-corrected chi connectivity index (χ0v) is 22.7. The van der Waals surface area contributed by atoms with E-state index in [1.807, 2.05) is 27.0 Å². The molecule has 9 heteroatoms. The molecule has 0 spiro atoms. The molecule has 0 radical (unpaired) electrons. The maximum Gasteiger partial charge on any atom is 0.230 e. The summed E-state index contributed by atoms with van der Waals surface area (Å²) in [5.41, 5.74) is 0.856. The zero-order chi connectivity index (χ0) is 26.3. The summed E-state index contributed by atoms with van der Waals surface area (Å²) >= 11 is 1.44.